The molecule has 0 aliphatic carbocycles. The Morgan fingerprint density at radius 2 is 1.82 bits per heavy atom. The summed E-state index contributed by atoms with van der Waals surface area (Å²) in [5, 5.41) is 7.03. The van der Waals surface area contributed by atoms with E-state index in [0.717, 1.165) is 26.4 Å². The molecule has 3 nitrogen and oxygen atoms in total. The largest absolute Gasteiger partial charge is 0.253 e. The molecule has 5 heteroatoms. The van der Waals surface area contributed by atoms with E-state index in [0.29, 0.717) is 0 Å². The zero-order chi connectivity index (χ0) is 15.4. The van der Waals surface area contributed by atoms with Gasteiger partial charge in [0.1, 0.15) is 0 Å². The first-order valence-corrected chi connectivity index (χ1v) is 8.45. The molecule has 0 spiro atoms. The molecule has 3 aromatic rings. The normalized spacial score (nSPS) is 11.0. The number of nitrogens with one attached hydrogen (secondary N) is 1. The van der Waals surface area contributed by atoms with Crippen molar-refractivity contribution < 1.29 is 0 Å². The summed E-state index contributed by atoms with van der Waals surface area (Å²) in [6.45, 7) is 2.07. The minimum atomic E-state index is 0.779. The summed E-state index contributed by atoms with van der Waals surface area (Å²) in [6, 6.07) is 16.3. The number of anilines is 1. The molecule has 0 saturated heterocycles. The van der Waals surface area contributed by atoms with Crippen molar-refractivity contribution in [1.82, 2.24) is 4.98 Å². The lowest BCUT2D eigenvalue weighted by Gasteiger charge is -1.97. The minimum absolute atomic E-state index is 0.779. The van der Waals surface area contributed by atoms with Crippen molar-refractivity contribution in [3.05, 3.63) is 69.5 Å². The van der Waals surface area contributed by atoms with Crippen LogP contribution in [0.25, 0.3) is 11.3 Å². The molecule has 0 fully saturated rings. The average Bonchev–Trinajstić information content (AvgIpc) is 2.99. The van der Waals surface area contributed by atoms with Gasteiger partial charge in [0, 0.05) is 15.4 Å². The zero-order valence-electron chi connectivity index (χ0n) is 12.0. The lowest BCUT2D eigenvalue weighted by atomic mass is 10.2. The second-order valence-corrected chi connectivity index (χ2v) is 6.60. The van der Waals surface area contributed by atoms with Crippen LogP contribution in [0.3, 0.4) is 0 Å². The standard InChI is InChI=1S/C17H14BrN3S/c1-12-2-4-13(5-3-12)10-19-21-17-20-16(11-22-17)14-6-8-15(18)9-7-14/h2-11H,1H3,(H,20,21). The molecule has 110 valence electrons. The van der Waals surface area contributed by atoms with Crippen molar-refractivity contribution in [1.29, 1.82) is 0 Å². The van der Waals surface area contributed by atoms with Gasteiger partial charge in [0.2, 0.25) is 5.13 Å². The van der Waals surface area contributed by atoms with E-state index in [4.69, 9.17) is 0 Å². The Balaban J connectivity index is 1.66. The SMILES string of the molecule is Cc1ccc(C=NNc2nc(-c3ccc(Br)cc3)cs2)cc1. The van der Waals surface area contributed by atoms with Gasteiger partial charge >= 0.3 is 0 Å². The van der Waals surface area contributed by atoms with E-state index in [9.17, 15) is 0 Å². The number of hydrogen-bond donors (Lipinski definition) is 1. The lowest BCUT2D eigenvalue weighted by Crippen LogP contribution is -1.90. The first-order valence-electron chi connectivity index (χ1n) is 6.78. The van der Waals surface area contributed by atoms with Crippen LogP contribution in [-0.4, -0.2) is 11.2 Å². The number of hydrazone groups is 1. The molecule has 1 N–H and O–H groups in total. The van der Waals surface area contributed by atoms with Gasteiger partial charge in [-0.2, -0.15) is 5.10 Å². The fourth-order valence-electron chi connectivity index (χ4n) is 1.89. The van der Waals surface area contributed by atoms with Crippen LogP contribution in [0.5, 0.6) is 0 Å². The number of nitrogens with zero attached hydrogens (tertiary/aromatic N) is 2. The van der Waals surface area contributed by atoms with Crippen LogP contribution < -0.4 is 5.43 Å². The number of aryl methyl sites for hydroxylation is 1. The Kier molecular flexibility index (Phi) is 4.65. The molecule has 0 aliphatic rings. The molecule has 0 unspecified atom stereocenters. The van der Waals surface area contributed by atoms with E-state index < -0.39 is 0 Å². The Morgan fingerprint density at radius 3 is 2.55 bits per heavy atom. The summed E-state index contributed by atoms with van der Waals surface area (Å²) < 4.78 is 1.06. The summed E-state index contributed by atoms with van der Waals surface area (Å²) in [5.41, 5.74) is 7.32. The summed E-state index contributed by atoms with van der Waals surface area (Å²) >= 11 is 4.97. The molecule has 0 atom stereocenters. The van der Waals surface area contributed by atoms with Crippen molar-refractivity contribution in [2.75, 3.05) is 5.43 Å². The second-order valence-electron chi connectivity index (χ2n) is 4.83. The fourth-order valence-corrected chi connectivity index (χ4v) is 2.83. The first-order chi connectivity index (χ1) is 10.7. The average molecular weight is 372 g/mol. The third-order valence-corrected chi connectivity index (χ3v) is 4.37. The van der Waals surface area contributed by atoms with Crippen LogP contribution in [0.1, 0.15) is 11.1 Å². The smallest absolute Gasteiger partial charge is 0.203 e. The maximum absolute atomic E-state index is 4.53. The van der Waals surface area contributed by atoms with Gasteiger partial charge in [-0.25, -0.2) is 4.98 Å². The molecule has 3 rings (SSSR count). The van der Waals surface area contributed by atoms with Crippen LogP contribution in [0.15, 0.2) is 63.5 Å². The predicted molar refractivity (Wildman–Crippen MR) is 97.6 cm³/mol. The lowest BCUT2D eigenvalue weighted by molar-refractivity contribution is 1.29. The number of benzene rings is 2. The topological polar surface area (TPSA) is 37.3 Å². The Bertz CT molecular complexity index is 776. The number of thiazole rings is 1. The Morgan fingerprint density at radius 1 is 1.09 bits per heavy atom. The molecular formula is C17H14BrN3S. The maximum atomic E-state index is 4.53. The fraction of sp³-hybridized carbons (Fsp3) is 0.0588. The molecular weight excluding hydrogens is 358 g/mol. The van der Waals surface area contributed by atoms with Crippen LogP contribution >= 0.6 is 27.3 Å². The van der Waals surface area contributed by atoms with Crippen LogP contribution in [-0.2, 0) is 0 Å². The van der Waals surface area contributed by atoms with E-state index in [-0.39, 0.29) is 0 Å². The van der Waals surface area contributed by atoms with E-state index in [2.05, 4.69) is 50.5 Å². The Hall–Kier alpha value is -1.98. The van der Waals surface area contributed by atoms with Crippen molar-refractivity contribution in [3.63, 3.8) is 0 Å². The van der Waals surface area contributed by atoms with Crippen molar-refractivity contribution in [2.45, 2.75) is 6.92 Å². The highest BCUT2D eigenvalue weighted by atomic mass is 79.9. The highest BCUT2D eigenvalue weighted by molar-refractivity contribution is 9.10. The van der Waals surface area contributed by atoms with Gasteiger partial charge in [-0.05, 0) is 24.6 Å². The van der Waals surface area contributed by atoms with E-state index in [1.54, 1.807) is 6.21 Å². The summed E-state index contributed by atoms with van der Waals surface area (Å²) in [4.78, 5) is 4.53. The molecule has 0 radical (unpaired) electrons. The number of rotatable bonds is 4. The van der Waals surface area contributed by atoms with Gasteiger partial charge in [0.15, 0.2) is 0 Å². The van der Waals surface area contributed by atoms with Crippen LogP contribution in [0.4, 0.5) is 5.13 Å². The van der Waals surface area contributed by atoms with Gasteiger partial charge in [-0.1, -0.05) is 57.9 Å². The number of hydrogen-bond acceptors (Lipinski definition) is 4. The van der Waals surface area contributed by atoms with Crippen molar-refractivity contribution in [2.24, 2.45) is 5.10 Å². The van der Waals surface area contributed by atoms with Crippen LogP contribution in [0.2, 0.25) is 0 Å². The zero-order valence-corrected chi connectivity index (χ0v) is 14.4. The van der Waals surface area contributed by atoms with Gasteiger partial charge in [-0.3, -0.25) is 5.43 Å². The predicted octanol–water partition coefficient (Wildman–Crippen LogP) is 5.33. The van der Waals surface area contributed by atoms with E-state index in [1.165, 1.54) is 16.9 Å². The number of aromatic nitrogens is 1. The van der Waals surface area contributed by atoms with E-state index >= 15 is 0 Å². The Labute approximate surface area is 141 Å². The van der Waals surface area contributed by atoms with Crippen molar-refractivity contribution >= 4 is 38.6 Å². The summed E-state index contributed by atoms with van der Waals surface area (Å²) in [6.07, 6.45) is 1.79. The third kappa shape index (κ3) is 3.81. The highest BCUT2D eigenvalue weighted by Gasteiger charge is 2.03. The van der Waals surface area contributed by atoms with Crippen molar-refractivity contribution in [3.8, 4) is 11.3 Å². The number of halogens is 1. The first kappa shape index (κ1) is 14.9. The third-order valence-electron chi connectivity index (χ3n) is 3.10. The molecule has 0 aliphatic heterocycles. The molecule has 22 heavy (non-hydrogen) atoms. The molecule has 1 heterocycles. The molecule has 2 aromatic carbocycles. The molecule has 0 bridgehead atoms. The molecule has 1 aromatic heterocycles. The molecule has 0 saturated carbocycles. The van der Waals surface area contributed by atoms with Crippen LogP contribution in [0, 0.1) is 6.92 Å². The van der Waals surface area contributed by atoms with Gasteiger partial charge in [0.05, 0.1) is 11.9 Å². The van der Waals surface area contributed by atoms with Gasteiger partial charge in [0.25, 0.3) is 0 Å². The second kappa shape index (κ2) is 6.85. The monoisotopic (exact) mass is 371 g/mol. The maximum Gasteiger partial charge on any atom is 0.203 e. The summed E-state index contributed by atoms with van der Waals surface area (Å²) in [7, 11) is 0. The van der Waals surface area contributed by atoms with Gasteiger partial charge < -0.3 is 0 Å². The molecule has 0 amide bonds. The highest BCUT2D eigenvalue weighted by Crippen LogP contribution is 2.25. The summed E-state index contributed by atoms with van der Waals surface area (Å²) in [5.74, 6) is 0. The van der Waals surface area contributed by atoms with E-state index in [1.807, 2.05) is 41.8 Å². The quantitative estimate of drug-likeness (QED) is 0.497. The minimum Gasteiger partial charge on any atom is -0.253 e. The van der Waals surface area contributed by atoms with Gasteiger partial charge in [-0.15, -0.1) is 11.3 Å².